The van der Waals surface area contributed by atoms with Crippen LogP contribution in [0.15, 0.2) is 35.1 Å². The van der Waals surface area contributed by atoms with Gasteiger partial charge < -0.3 is 20.1 Å². The third-order valence-corrected chi connectivity index (χ3v) is 3.45. The van der Waals surface area contributed by atoms with Crippen molar-refractivity contribution in [2.75, 3.05) is 19.8 Å². The van der Waals surface area contributed by atoms with Gasteiger partial charge in [0.2, 0.25) is 0 Å². The van der Waals surface area contributed by atoms with Gasteiger partial charge in [0.25, 0.3) is 5.56 Å². The zero-order chi connectivity index (χ0) is 15.9. The summed E-state index contributed by atoms with van der Waals surface area (Å²) < 4.78 is 7.74. The molecule has 22 heavy (non-hydrogen) atoms. The Kier molecular flexibility index (Phi) is 5.88. The van der Waals surface area contributed by atoms with Crippen molar-refractivity contribution in [3.63, 3.8) is 0 Å². The van der Waals surface area contributed by atoms with E-state index < -0.39 is 0 Å². The minimum atomic E-state index is -0.263. The summed E-state index contributed by atoms with van der Waals surface area (Å²) in [6.45, 7) is 1.24. The van der Waals surface area contributed by atoms with Gasteiger partial charge in [-0.2, -0.15) is 0 Å². The van der Waals surface area contributed by atoms with Crippen molar-refractivity contribution in [3.05, 3.63) is 45.5 Å². The molecule has 0 amide bonds. The highest BCUT2D eigenvalue weighted by Gasteiger charge is 2.11. The number of ether oxygens (including phenoxy) is 1. The molecule has 0 aliphatic heterocycles. The first kappa shape index (κ1) is 16.4. The predicted molar refractivity (Wildman–Crippen MR) is 87.6 cm³/mol. The summed E-state index contributed by atoms with van der Waals surface area (Å²) in [5.41, 5.74) is 6.74. The number of aromatic nitrogens is 2. The van der Waals surface area contributed by atoms with Crippen molar-refractivity contribution < 1.29 is 9.84 Å². The number of rotatable bonds is 7. The van der Waals surface area contributed by atoms with Gasteiger partial charge in [-0.05, 0) is 37.3 Å². The van der Waals surface area contributed by atoms with Gasteiger partial charge in [0, 0.05) is 18.2 Å². The zero-order valence-corrected chi connectivity index (χ0v) is 12.9. The number of hydrogen-bond donors (Lipinski definition) is 3. The molecule has 0 radical (unpaired) electrons. The van der Waals surface area contributed by atoms with E-state index in [0.29, 0.717) is 29.3 Å². The number of nitrogens with zero attached hydrogens (tertiary/aromatic N) is 1. The lowest BCUT2D eigenvalue weighted by atomic mass is 10.1. The maximum atomic E-state index is 11.8. The van der Waals surface area contributed by atoms with Crippen LogP contribution >= 0.6 is 12.2 Å². The molecule has 0 aliphatic rings. The molecular formula is C15H19N3O3S. The summed E-state index contributed by atoms with van der Waals surface area (Å²) in [4.78, 5) is 14.4. The molecule has 7 heteroatoms. The number of nitrogens with two attached hydrogens (primary N) is 1. The zero-order valence-electron chi connectivity index (χ0n) is 12.1. The molecule has 1 aromatic carbocycles. The minimum Gasteiger partial charge on any atom is -0.490 e. The summed E-state index contributed by atoms with van der Waals surface area (Å²) in [7, 11) is 0. The fourth-order valence-corrected chi connectivity index (χ4v) is 2.46. The Labute approximate surface area is 133 Å². The molecule has 2 aromatic rings. The quantitative estimate of drug-likeness (QED) is 0.668. The fraction of sp³-hybridized carbons (Fsp3) is 0.333. The second-order valence-corrected chi connectivity index (χ2v) is 5.07. The normalized spacial score (nSPS) is 10.6. The van der Waals surface area contributed by atoms with Crippen LogP contribution in [0, 0.1) is 4.77 Å². The molecule has 0 bridgehead atoms. The number of nitrogens with one attached hydrogen (secondary N) is 1. The summed E-state index contributed by atoms with van der Waals surface area (Å²) in [5.74, 6) is 0.595. The SMILES string of the molecule is NCCCn1c(-c2ccccc2OCCO)cc(=O)[nH]c1=S. The van der Waals surface area contributed by atoms with Crippen LogP contribution in [-0.4, -0.2) is 34.4 Å². The monoisotopic (exact) mass is 321 g/mol. The molecule has 0 unspecified atom stereocenters. The van der Waals surface area contributed by atoms with Crippen LogP contribution in [0.3, 0.4) is 0 Å². The highest BCUT2D eigenvalue weighted by molar-refractivity contribution is 7.71. The molecule has 1 heterocycles. The van der Waals surface area contributed by atoms with Crippen LogP contribution in [0.4, 0.5) is 0 Å². The van der Waals surface area contributed by atoms with Crippen LogP contribution < -0.4 is 16.0 Å². The fourth-order valence-electron chi connectivity index (χ4n) is 2.17. The van der Waals surface area contributed by atoms with Crippen LogP contribution in [-0.2, 0) is 6.54 Å². The summed E-state index contributed by atoms with van der Waals surface area (Å²) in [6.07, 6.45) is 0.743. The lowest BCUT2D eigenvalue weighted by molar-refractivity contribution is 0.202. The van der Waals surface area contributed by atoms with Gasteiger partial charge >= 0.3 is 0 Å². The first-order chi connectivity index (χ1) is 10.7. The maximum Gasteiger partial charge on any atom is 0.252 e. The number of aliphatic hydroxyl groups excluding tert-OH is 1. The summed E-state index contributed by atoms with van der Waals surface area (Å²) >= 11 is 5.26. The van der Waals surface area contributed by atoms with E-state index >= 15 is 0 Å². The number of aliphatic hydroxyl groups is 1. The standard InChI is InChI=1S/C15H19N3O3S/c16-6-3-7-18-12(10-14(20)17-15(18)22)11-4-1-2-5-13(11)21-9-8-19/h1-2,4-5,10,19H,3,6-9,16H2,(H,17,20,22). The molecule has 0 aliphatic carbocycles. The van der Waals surface area contributed by atoms with Crippen molar-refractivity contribution in [2.24, 2.45) is 5.73 Å². The Bertz CT molecular complexity index is 739. The Hall–Kier alpha value is -1.96. The second-order valence-electron chi connectivity index (χ2n) is 4.69. The van der Waals surface area contributed by atoms with Crippen LogP contribution in [0.25, 0.3) is 11.3 Å². The average Bonchev–Trinajstić information content (AvgIpc) is 2.52. The van der Waals surface area contributed by atoms with Gasteiger partial charge in [-0.1, -0.05) is 12.1 Å². The minimum absolute atomic E-state index is 0.0802. The molecular weight excluding hydrogens is 302 g/mol. The lowest BCUT2D eigenvalue weighted by Crippen LogP contribution is -2.17. The number of H-pyrrole nitrogens is 1. The molecule has 0 fully saturated rings. The summed E-state index contributed by atoms with van der Waals surface area (Å²) in [5, 5.41) is 8.93. The Morgan fingerprint density at radius 1 is 1.36 bits per heavy atom. The van der Waals surface area contributed by atoms with E-state index in [-0.39, 0.29) is 18.8 Å². The van der Waals surface area contributed by atoms with Crippen LogP contribution in [0.1, 0.15) is 6.42 Å². The van der Waals surface area contributed by atoms with E-state index in [4.69, 9.17) is 27.8 Å². The Morgan fingerprint density at radius 2 is 2.14 bits per heavy atom. The predicted octanol–water partition coefficient (Wildman–Crippen LogP) is 1.29. The Morgan fingerprint density at radius 3 is 2.86 bits per heavy atom. The maximum absolute atomic E-state index is 11.8. The molecule has 1 aromatic heterocycles. The number of aromatic amines is 1. The highest BCUT2D eigenvalue weighted by atomic mass is 32.1. The molecule has 0 saturated carbocycles. The Balaban J connectivity index is 2.56. The van der Waals surface area contributed by atoms with Crippen molar-refractivity contribution in [2.45, 2.75) is 13.0 Å². The second kappa shape index (κ2) is 7.88. The molecule has 2 rings (SSSR count). The molecule has 0 saturated heterocycles. The van der Waals surface area contributed by atoms with Gasteiger partial charge in [-0.3, -0.25) is 9.78 Å². The van der Waals surface area contributed by atoms with Gasteiger partial charge in [0.1, 0.15) is 12.4 Å². The smallest absolute Gasteiger partial charge is 0.252 e. The van der Waals surface area contributed by atoms with Gasteiger partial charge in [-0.15, -0.1) is 0 Å². The van der Waals surface area contributed by atoms with E-state index in [1.165, 1.54) is 6.07 Å². The molecule has 118 valence electrons. The van der Waals surface area contributed by atoms with Crippen molar-refractivity contribution in [1.82, 2.24) is 9.55 Å². The third kappa shape index (κ3) is 3.82. The van der Waals surface area contributed by atoms with Gasteiger partial charge in [0.15, 0.2) is 4.77 Å². The van der Waals surface area contributed by atoms with Gasteiger partial charge in [-0.25, -0.2) is 0 Å². The number of para-hydroxylation sites is 1. The van der Waals surface area contributed by atoms with Crippen LogP contribution in [0.2, 0.25) is 0 Å². The molecule has 0 atom stereocenters. The molecule has 4 N–H and O–H groups in total. The van der Waals surface area contributed by atoms with E-state index in [1.807, 2.05) is 22.8 Å². The third-order valence-electron chi connectivity index (χ3n) is 3.13. The number of benzene rings is 1. The van der Waals surface area contributed by atoms with Crippen molar-refractivity contribution in [1.29, 1.82) is 0 Å². The van der Waals surface area contributed by atoms with Crippen molar-refractivity contribution in [3.8, 4) is 17.0 Å². The topological polar surface area (TPSA) is 93.3 Å². The van der Waals surface area contributed by atoms with E-state index in [2.05, 4.69) is 4.98 Å². The van der Waals surface area contributed by atoms with Gasteiger partial charge in [0.05, 0.1) is 12.3 Å². The molecule has 6 nitrogen and oxygen atoms in total. The van der Waals surface area contributed by atoms with E-state index in [1.54, 1.807) is 6.07 Å². The summed E-state index contributed by atoms with van der Waals surface area (Å²) in [6, 6.07) is 8.84. The van der Waals surface area contributed by atoms with Crippen molar-refractivity contribution >= 4 is 12.2 Å². The van der Waals surface area contributed by atoms with E-state index in [0.717, 1.165) is 12.0 Å². The van der Waals surface area contributed by atoms with E-state index in [9.17, 15) is 4.79 Å². The largest absolute Gasteiger partial charge is 0.490 e. The average molecular weight is 321 g/mol. The number of hydrogen-bond acceptors (Lipinski definition) is 5. The molecule has 0 spiro atoms. The highest BCUT2D eigenvalue weighted by Crippen LogP contribution is 2.29. The van der Waals surface area contributed by atoms with Crippen LogP contribution in [0.5, 0.6) is 5.75 Å². The first-order valence-corrected chi connectivity index (χ1v) is 7.45. The lowest BCUT2D eigenvalue weighted by Gasteiger charge is -2.16. The first-order valence-electron chi connectivity index (χ1n) is 7.04.